The highest BCUT2D eigenvalue weighted by atomic mass is 79.9. The van der Waals surface area contributed by atoms with E-state index in [9.17, 15) is 9.50 Å². The number of hydrogen-bond donors (Lipinski definition) is 1. The number of halogens is 2. The van der Waals surface area contributed by atoms with Crippen molar-refractivity contribution in [1.82, 2.24) is 0 Å². The van der Waals surface area contributed by atoms with Gasteiger partial charge in [0.25, 0.3) is 0 Å². The number of aliphatic hydroxyl groups is 1. The maximum absolute atomic E-state index is 14.1. The molecule has 2 aromatic carbocycles. The molecule has 19 heavy (non-hydrogen) atoms. The van der Waals surface area contributed by atoms with Gasteiger partial charge in [-0.3, -0.25) is 0 Å². The van der Waals surface area contributed by atoms with Crippen LogP contribution >= 0.6 is 15.9 Å². The van der Waals surface area contributed by atoms with Crippen molar-refractivity contribution in [2.45, 2.75) is 12.5 Å². The Morgan fingerprint density at radius 3 is 2.42 bits per heavy atom. The molecule has 0 spiro atoms. The first kappa shape index (κ1) is 13.7. The third-order valence-corrected chi connectivity index (χ3v) is 3.66. The molecule has 96 valence electrons. The Labute approximate surface area is 119 Å². The molecular weight excluding hydrogens is 309 g/mol. The molecule has 1 unspecified atom stereocenters. The zero-order chi connectivity index (χ0) is 14.0. The van der Waals surface area contributed by atoms with Crippen molar-refractivity contribution in [3.8, 4) is 6.07 Å². The number of benzene rings is 2. The van der Waals surface area contributed by atoms with E-state index in [4.69, 9.17) is 5.26 Å². The lowest BCUT2D eigenvalue weighted by atomic mass is 9.87. The minimum Gasteiger partial charge on any atom is -0.381 e. The van der Waals surface area contributed by atoms with E-state index in [-0.39, 0.29) is 5.56 Å². The van der Waals surface area contributed by atoms with Crippen LogP contribution in [0.25, 0.3) is 0 Å². The van der Waals surface area contributed by atoms with Crippen LogP contribution in [-0.2, 0) is 5.60 Å². The first-order valence-corrected chi connectivity index (χ1v) is 6.43. The van der Waals surface area contributed by atoms with Crippen LogP contribution in [0.4, 0.5) is 4.39 Å². The smallest absolute Gasteiger partial charge is 0.143 e. The summed E-state index contributed by atoms with van der Waals surface area (Å²) in [7, 11) is 0. The Morgan fingerprint density at radius 1 is 1.21 bits per heavy atom. The number of hydrogen-bond acceptors (Lipinski definition) is 2. The molecule has 0 radical (unpaired) electrons. The SMILES string of the molecule is CC(O)(c1ccc(C#N)cc1)c1cccc(Br)c1F. The summed E-state index contributed by atoms with van der Waals surface area (Å²) in [6, 6.07) is 13.2. The molecule has 0 heterocycles. The molecule has 0 fully saturated rings. The molecule has 2 nitrogen and oxygen atoms in total. The molecule has 0 amide bonds. The van der Waals surface area contributed by atoms with Crippen LogP contribution in [0.2, 0.25) is 0 Å². The largest absolute Gasteiger partial charge is 0.381 e. The molecule has 0 saturated carbocycles. The van der Waals surface area contributed by atoms with Gasteiger partial charge in [-0.25, -0.2) is 4.39 Å². The summed E-state index contributed by atoms with van der Waals surface area (Å²) in [6.07, 6.45) is 0. The summed E-state index contributed by atoms with van der Waals surface area (Å²) >= 11 is 3.10. The maximum atomic E-state index is 14.1. The van der Waals surface area contributed by atoms with E-state index >= 15 is 0 Å². The highest BCUT2D eigenvalue weighted by Gasteiger charge is 2.29. The Morgan fingerprint density at radius 2 is 1.84 bits per heavy atom. The zero-order valence-electron chi connectivity index (χ0n) is 10.2. The van der Waals surface area contributed by atoms with E-state index < -0.39 is 11.4 Å². The zero-order valence-corrected chi connectivity index (χ0v) is 11.8. The highest BCUT2D eigenvalue weighted by Crippen LogP contribution is 2.33. The Balaban J connectivity index is 2.52. The van der Waals surface area contributed by atoms with E-state index in [1.165, 1.54) is 13.0 Å². The Bertz CT molecular complexity index is 644. The molecule has 4 heteroatoms. The quantitative estimate of drug-likeness (QED) is 0.916. The van der Waals surface area contributed by atoms with Gasteiger partial charge in [-0.15, -0.1) is 0 Å². The van der Waals surface area contributed by atoms with Crippen LogP contribution in [0.15, 0.2) is 46.9 Å². The summed E-state index contributed by atoms with van der Waals surface area (Å²) in [5.74, 6) is -0.489. The fourth-order valence-electron chi connectivity index (χ4n) is 1.90. The molecule has 0 aliphatic rings. The van der Waals surface area contributed by atoms with Gasteiger partial charge in [0.15, 0.2) is 0 Å². The lowest BCUT2D eigenvalue weighted by Gasteiger charge is -2.25. The van der Waals surface area contributed by atoms with E-state index in [0.29, 0.717) is 15.6 Å². The number of nitriles is 1. The molecule has 0 saturated heterocycles. The van der Waals surface area contributed by atoms with Gasteiger partial charge in [0, 0.05) is 5.56 Å². The van der Waals surface area contributed by atoms with Crippen molar-refractivity contribution in [1.29, 1.82) is 5.26 Å². The minimum absolute atomic E-state index is 0.187. The first-order chi connectivity index (χ1) is 8.96. The molecule has 2 rings (SSSR count). The molecular formula is C15H11BrFNO. The summed E-state index contributed by atoms with van der Waals surface area (Å²) in [5.41, 5.74) is -0.244. The van der Waals surface area contributed by atoms with E-state index in [1.807, 2.05) is 6.07 Å². The van der Waals surface area contributed by atoms with Crippen molar-refractivity contribution >= 4 is 15.9 Å². The average Bonchev–Trinajstić information content (AvgIpc) is 2.41. The van der Waals surface area contributed by atoms with Gasteiger partial charge in [0.05, 0.1) is 16.1 Å². The fraction of sp³-hybridized carbons (Fsp3) is 0.133. The maximum Gasteiger partial charge on any atom is 0.143 e. The molecule has 0 bridgehead atoms. The van der Waals surface area contributed by atoms with Crippen LogP contribution in [0.1, 0.15) is 23.6 Å². The van der Waals surface area contributed by atoms with E-state index in [1.54, 1.807) is 36.4 Å². The minimum atomic E-state index is -1.46. The predicted octanol–water partition coefficient (Wildman–Crippen LogP) is 3.72. The molecule has 2 aromatic rings. The molecule has 0 aromatic heterocycles. The predicted molar refractivity (Wildman–Crippen MR) is 73.9 cm³/mol. The summed E-state index contributed by atoms with van der Waals surface area (Å²) < 4.78 is 14.4. The van der Waals surface area contributed by atoms with Gasteiger partial charge in [-0.05, 0) is 46.6 Å². The topological polar surface area (TPSA) is 44.0 Å². The Kier molecular flexibility index (Phi) is 3.70. The summed E-state index contributed by atoms with van der Waals surface area (Å²) in [5, 5.41) is 19.3. The van der Waals surface area contributed by atoms with Crippen molar-refractivity contribution in [2.24, 2.45) is 0 Å². The lowest BCUT2D eigenvalue weighted by molar-refractivity contribution is 0.0978. The van der Waals surface area contributed by atoms with Gasteiger partial charge in [-0.2, -0.15) is 5.26 Å². The van der Waals surface area contributed by atoms with E-state index in [2.05, 4.69) is 15.9 Å². The van der Waals surface area contributed by atoms with E-state index in [0.717, 1.165) is 0 Å². The second-order valence-corrected chi connectivity index (χ2v) is 5.22. The molecule has 1 N–H and O–H groups in total. The van der Waals surface area contributed by atoms with Crippen LogP contribution in [-0.4, -0.2) is 5.11 Å². The Hall–Kier alpha value is -1.70. The first-order valence-electron chi connectivity index (χ1n) is 5.64. The second-order valence-electron chi connectivity index (χ2n) is 4.36. The molecule has 0 aliphatic carbocycles. The summed E-state index contributed by atoms with van der Waals surface area (Å²) in [4.78, 5) is 0. The van der Waals surface area contributed by atoms with Crippen LogP contribution in [0.3, 0.4) is 0 Å². The van der Waals surface area contributed by atoms with Crippen molar-refractivity contribution in [3.63, 3.8) is 0 Å². The summed E-state index contributed by atoms with van der Waals surface area (Å²) in [6.45, 7) is 1.53. The standard InChI is InChI=1S/C15H11BrFNO/c1-15(19,11-7-5-10(9-18)6-8-11)12-3-2-4-13(16)14(12)17/h2-8,19H,1H3. The monoisotopic (exact) mass is 319 g/mol. The van der Waals surface area contributed by atoms with Crippen LogP contribution < -0.4 is 0 Å². The number of nitrogens with zero attached hydrogens (tertiary/aromatic N) is 1. The third kappa shape index (κ3) is 2.53. The average molecular weight is 320 g/mol. The van der Waals surface area contributed by atoms with Crippen molar-refractivity contribution in [3.05, 3.63) is 69.4 Å². The lowest BCUT2D eigenvalue weighted by Crippen LogP contribution is -2.24. The van der Waals surface area contributed by atoms with Crippen molar-refractivity contribution < 1.29 is 9.50 Å². The highest BCUT2D eigenvalue weighted by molar-refractivity contribution is 9.10. The normalized spacial score (nSPS) is 13.6. The van der Waals surface area contributed by atoms with Crippen LogP contribution in [0.5, 0.6) is 0 Å². The van der Waals surface area contributed by atoms with Crippen molar-refractivity contribution in [2.75, 3.05) is 0 Å². The van der Waals surface area contributed by atoms with Gasteiger partial charge >= 0.3 is 0 Å². The van der Waals surface area contributed by atoms with Gasteiger partial charge in [0.1, 0.15) is 11.4 Å². The molecule has 0 aliphatic heterocycles. The van der Waals surface area contributed by atoms with Gasteiger partial charge < -0.3 is 5.11 Å². The number of rotatable bonds is 2. The fourth-order valence-corrected chi connectivity index (χ4v) is 2.27. The third-order valence-electron chi connectivity index (χ3n) is 3.05. The second kappa shape index (κ2) is 5.12. The van der Waals surface area contributed by atoms with Crippen LogP contribution in [0, 0.1) is 17.1 Å². The van der Waals surface area contributed by atoms with Gasteiger partial charge in [0.2, 0.25) is 0 Å². The van der Waals surface area contributed by atoms with Gasteiger partial charge in [-0.1, -0.05) is 24.3 Å². The molecule has 1 atom stereocenters.